The van der Waals surface area contributed by atoms with Crippen molar-refractivity contribution in [3.05, 3.63) is 231 Å². The zero-order valence-corrected chi connectivity index (χ0v) is 32.7. The summed E-state index contributed by atoms with van der Waals surface area (Å²) in [6, 6.07) is 81.9. The van der Waals surface area contributed by atoms with Crippen LogP contribution >= 0.6 is 0 Å². The average Bonchev–Trinajstić information content (AvgIpc) is 3.93. The summed E-state index contributed by atoms with van der Waals surface area (Å²) in [4.78, 5) is 0. The molecule has 0 fully saturated rings. The molecule has 0 aliphatic rings. The highest BCUT2D eigenvalue weighted by atomic mass is 15.3. The van der Waals surface area contributed by atoms with Gasteiger partial charge in [-0.15, -0.1) is 10.2 Å². The molecule has 0 radical (unpaired) electrons. The summed E-state index contributed by atoms with van der Waals surface area (Å²) in [6.07, 6.45) is 0. The van der Waals surface area contributed by atoms with Crippen molar-refractivity contribution in [3.63, 3.8) is 0 Å². The molecular formula is C56H38N4. The van der Waals surface area contributed by atoms with Gasteiger partial charge >= 0.3 is 0 Å². The van der Waals surface area contributed by atoms with Crippen molar-refractivity contribution < 1.29 is 0 Å². The van der Waals surface area contributed by atoms with Crippen molar-refractivity contribution >= 4 is 21.8 Å². The normalized spacial score (nSPS) is 11.3. The van der Waals surface area contributed by atoms with Gasteiger partial charge in [-0.1, -0.05) is 194 Å². The van der Waals surface area contributed by atoms with E-state index in [1.165, 1.54) is 55.2 Å². The van der Waals surface area contributed by atoms with Crippen LogP contribution in [0, 0.1) is 0 Å². The van der Waals surface area contributed by atoms with Crippen LogP contribution in [0.2, 0.25) is 0 Å². The summed E-state index contributed by atoms with van der Waals surface area (Å²) in [5.74, 6) is 1.59. The fourth-order valence-electron chi connectivity index (χ4n) is 8.65. The Morgan fingerprint density at radius 2 is 0.567 bits per heavy atom. The third kappa shape index (κ3) is 6.19. The van der Waals surface area contributed by atoms with Gasteiger partial charge in [0.2, 0.25) is 0 Å². The van der Waals surface area contributed by atoms with Crippen molar-refractivity contribution in [1.29, 1.82) is 0 Å². The van der Waals surface area contributed by atoms with Crippen LogP contribution in [0.3, 0.4) is 0 Å². The third-order valence-corrected chi connectivity index (χ3v) is 11.5. The van der Waals surface area contributed by atoms with E-state index in [1.807, 2.05) is 24.3 Å². The van der Waals surface area contributed by atoms with E-state index >= 15 is 0 Å². The van der Waals surface area contributed by atoms with Gasteiger partial charge in [-0.05, 0) is 80.9 Å². The van der Waals surface area contributed by atoms with Gasteiger partial charge in [0.25, 0.3) is 0 Å². The SMILES string of the molecule is c1ccc(-c2ccc(-n3c(-c4ccccc4)nnc3-c3ccc(-c4ccccc4-c4ccccc4-c4ccc(-n5c6ccccc6c6ccccc65)cc4)cc3)cc2)cc1. The van der Waals surface area contributed by atoms with E-state index in [0.29, 0.717) is 0 Å². The van der Waals surface area contributed by atoms with E-state index in [4.69, 9.17) is 10.2 Å². The van der Waals surface area contributed by atoms with E-state index in [0.717, 1.165) is 45.3 Å². The Morgan fingerprint density at radius 1 is 0.233 bits per heavy atom. The number of rotatable bonds is 8. The molecule has 0 N–H and O–H groups in total. The van der Waals surface area contributed by atoms with Crippen molar-refractivity contribution in [2.24, 2.45) is 0 Å². The minimum atomic E-state index is 0.788. The molecule has 0 atom stereocenters. The molecule has 0 aliphatic carbocycles. The van der Waals surface area contributed by atoms with Crippen LogP contribution in [0.25, 0.3) is 100 Å². The van der Waals surface area contributed by atoms with E-state index < -0.39 is 0 Å². The summed E-state index contributed by atoms with van der Waals surface area (Å²) in [7, 11) is 0. The predicted octanol–water partition coefficient (Wildman–Crippen LogP) is 14.4. The number of para-hydroxylation sites is 2. The summed E-state index contributed by atoms with van der Waals surface area (Å²) in [6.45, 7) is 0. The number of aromatic nitrogens is 4. The fourth-order valence-corrected chi connectivity index (χ4v) is 8.65. The molecule has 0 saturated carbocycles. The Kier molecular flexibility index (Phi) is 8.79. The first-order chi connectivity index (χ1) is 29.8. The van der Waals surface area contributed by atoms with Crippen LogP contribution in [0.4, 0.5) is 0 Å². The largest absolute Gasteiger partial charge is 0.309 e. The van der Waals surface area contributed by atoms with Crippen LogP contribution < -0.4 is 0 Å². The molecule has 60 heavy (non-hydrogen) atoms. The molecule has 11 aromatic rings. The highest BCUT2D eigenvalue weighted by Crippen LogP contribution is 2.40. The number of benzene rings is 9. The lowest BCUT2D eigenvalue weighted by Crippen LogP contribution is -2.00. The number of fused-ring (bicyclic) bond motifs is 3. The Hall–Kier alpha value is -8.08. The lowest BCUT2D eigenvalue weighted by Gasteiger charge is -2.16. The Balaban J connectivity index is 0.946. The van der Waals surface area contributed by atoms with E-state index in [1.54, 1.807) is 0 Å². The Labute approximate surface area is 348 Å². The monoisotopic (exact) mass is 766 g/mol. The smallest absolute Gasteiger partial charge is 0.168 e. The zero-order valence-electron chi connectivity index (χ0n) is 32.7. The highest BCUT2D eigenvalue weighted by molar-refractivity contribution is 6.09. The lowest BCUT2D eigenvalue weighted by molar-refractivity contribution is 1.07. The zero-order chi connectivity index (χ0) is 39.8. The van der Waals surface area contributed by atoms with Gasteiger partial charge in [0, 0.05) is 33.3 Å². The molecule has 0 amide bonds. The van der Waals surface area contributed by atoms with Crippen molar-refractivity contribution in [2.75, 3.05) is 0 Å². The second-order valence-corrected chi connectivity index (χ2v) is 15.0. The number of nitrogens with zero attached hydrogens (tertiary/aromatic N) is 4. The molecule has 11 rings (SSSR count). The second kappa shape index (κ2) is 15.0. The van der Waals surface area contributed by atoms with E-state index in [9.17, 15) is 0 Å². The third-order valence-electron chi connectivity index (χ3n) is 11.5. The quantitative estimate of drug-likeness (QED) is 0.154. The molecule has 9 aromatic carbocycles. The molecule has 2 aromatic heterocycles. The summed E-state index contributed by atoms with van der Waals surface area (Å²) < 4.78 is 4.53. The minimum absolute atomic E-state index is 0.788. The topological polar surface area (TPSA) is 35.6 Å². The molecule has 0 bridgehead atoms. The molecule has 282 valence electrons. The van der Waals surface area contributed by atoms with Crippen LogP contribution in [0.15, 0.2) is 231 Å². The summed E-state index contributed by atoms with van der Waals surface area (Å²) in [5.41, 5.74) is 15.9. The first-order valence-corrected chi connectivity index (χ1v) is 20.3. The van der Waals surface area contributed by atoms with Gasteiger partial charge in [0.1, 0.15) is 0 Å². The van der Waals surface area contributed by atoms with E-state index in [-0.39, 0.29) is 0 Å². The first-order valence-electron chi connectivity index (χ1n) is 20.3. The summed E-state index contributed by atoms with van der Waals surface area (Å²) >= 11 is 0. The van der Waals surface area contributed by atoms with Crippen LogP contribution in [-0.4, -0.2) is 19.3 Å². The second-order valence-electron chi connectivity index (χ2n) is 15.0. The Morgan fingerprint density at radius 3 is 1.08 bits per heavy atom. The van der Waals surface area contributed by atoms with Crippen LogP contribution in [0.1, 0.15) is 0 Å². The van der Waals surface area contributed by atoms with Gasteiger partial charge in [-0.3, -0.25) is 4.57 Å². The van der Waals surface area contributed by atoms with Gasteiger partial charge in [0.05, 0.1) is 11.0 Å². The molecule has 0 aliphatic heterocycles. The maximum absolute atomic E-state index is 4.80. The fraction of sp³-hybridized carbons (Fsp3) is 0. The molecule has 2 heterocycles. The standard InChI is InChI=1S/C56H38N4/c1-3-15-39(16-4-1)40-31-35-46(36-32-40)60-55(43-17-5-2-6-18-43)57-58-56(60)44-29-27-41(28-30-44)47-19-7-9-21-49(47)50-22-10-8-20-48(50)42-33-37-45(38-34-42)59-53-25-13-11-23-51(53)52-24-12-14-26-54(52)59/h1-38H. The molecule has 0 spiro atoms. The van der Waals surface area contributed by atoms with Crippen LogP contribution in [-0.2, 0) is 0 Å². The number of hydrogen-bond donors (Lipinski definition) is 0. The van der Waals surface area contributed by atoms with Gasteiger partial charge < -0.3 is 4.57 Å². The van der Waals surface area contributed by atoms with Crippen molar-refractivity contribution in [3.8, 4) is 78.7 Å². The van der Waals surface area contributed by atoms with Gasteiger partial charge in [-0.25, -0.2) is 0 Å². The maximum atomic E-state index is 4.80. The molecule has 4 nitrogen and oxygen atoms in total. The highest BCUT2D eigenvalue weighted by Gasteiger charge is 2.19. The minimum Gasteiger partial charge on any atom is -0.309 e. The molecular weight excluding hydrogens is 729 g/mol. The molecule has 0 unspecified atom stereocenters. The van der Waals surface area contributed by atoms with Gasteiger partial charge in [-0.2, -0.15) is 0 Å². The predicted molar refractivity (Wildman–Crippen MR) is 248 cm³/mol. The molecule has 4 heteroatoms. The average molecular weight is 767 g/mol. The lowest BCUT2D eigenvalue weighted by atomic mass is 9.89. The van der Waals surface area contributed by atoms with Gasteiger partial charge in [0.15, 0.2) is 11.6 Å². The maximum Gasteiger partial charge on any atom is 0.168 e. The van der Waals surface area contributed by atoms with Crippen molar-refractivity contribution in [2.45, 2.75) is 0 Å². The number of hydrogen-bond acceptors (Lipinski definition) is 2. The van der Waals surface area contributed by atoms with Crippen molar-refractivity contribution in [1.82, 2.24) is 19.3 Å². The summed E-state index contributed by atoms with van der Waals surface area (Å²) in [5, 5.41) is 12.1. The van der Waals surface area contributed by atoms with E-state index in [2.05, 4.69) is 215 Å². The molecule has 0 saturated heterocycles. The Bertz CT molecular complexity index is 3220. The van der Waals surface area contributed by atoms with Crippen LogP contribution in [0.5, 0.6) is 0 Å². The first kappa shape index (κ1) is 35.1.